The van der Waals surface area contributed by atoms with Crippen molar-refractivity contribution in [1.29, 1.82) is 0 Å². The zero-order valence-corrected chi connectivity index (χ0v) is 16.7. The van der Waals surface area contributed by atoms with Gasteiger partial charge in [-0.05, 0) is 35.4 Å². The van der Waals surface area contributed by atoms with Gasteiger partial charge in [0.1, 0.15) is 6.61 Å². The molecule has 0 spiro atoms. The van der Waals surface area contributed by atoms with Crippen LogP contribution >= 0.6 is 0 Å². The molecule has 3 atom stereocenters. The fourth-order valence-corrected chi connectivity index (χ4v) is 4.63. The van der Waals surface area contributed by atoms with Crippen LogP contribution in [0.1, 0.15) is 27.4 Å². The van der Waals surface area contributed by atoms with E-state index in [1.165, 1.54) is 21.3 Å². The van der Waals surface area contributed by atoms with Crippen LogP contribution in [-0.4, -0.2) is 46.5 Å². The summed E-state index contributed by atoms with van der Waals surface area (Å²) in [6.45, 7) is 0.160. The number of Topliss-reactive ketones (excluding diaryl/α,β-unsaturated/α-hetero) is 1. The molecule has 30 heavy (non-hydrogen) atoms. The summed E-state index contributed by atoms with van der Waals surface area (Å²) in [5, 5.41) is 0. The number of carbonyl (C=O) groups excluding carboxylic acids is 2. The van der Waals surface area contributed by atoms with Crippen LogP contribution in [0.25, 0.3) is 0 Å². The lowest BCUT2D eigenvalue weighted by Gasteiger charge is -2.33. The van der Waals surface area contributed by atoms with Crippen LogP contribution in [0.3, 0.4) is 0 Å². The van der Waals surface area contributed by atoms with E-state index in [9.17, 15) is 9.59 Å². The number of esters is 1. The minimum absolute atomic E-state index is 0.0666. The Morgan fingerprint density at radius 3 is 2.17 bits per heavy atom. The van der Waals surface area contributed by atoms with Gasteiger partial charge in [0.05, 0.1) is 33.2 Å². The first-order valence-corrected chi connectivity index (χ1v) is 9.51. The number of carbonyl (C=O) groups is 2. The first kappa shape index (κ1) is 18.6. The maximum absolute atomic E-state index is 13.2. The van der Waals surface area contributed by atoms with Gasteiger partial charge in [0.15, 0.2) is 28.8 Å². The summed E-state index contributed by atoms with van der Waals surface area (Å²) in [7, 11) is 4.59. The number of ether oxygens (including phenoxy) is 6. The van der Waals surface area contributed by atoms with Crippen molar-refractivity contribution in [3.8, 4) is 28.7 Å². The topological polar surface area (TPSA) is 89.5 Å². The van der Waals surface area contributed by atoms with E-state index in [1.54, 1.807) is 24.3 Å². The largest absolute Gasteiger partial charge is 0.493 e. The zero-order chi connectivity index (χ0) is 21.0. The number of methoxy groups -OCH3 is 3. The van der Waals surface area contributed by atoms with E-state index in [2.05, 4.69) is 0 Å². The number of fused-ring (bicyclic) bond motifs is 3. The van der Waals surface area contributed by atoms with Gasteiger partial charge in [0.25, 0.3) is 0 Å². The van der Waals surface area contributed by atoms with Gasteiger partial charge in [-0.15, -0.1) is 0 Å². The molecular formula is C22H20O8. The molecule has 2 aromatic carbocycles. The van der Waals surface area contributed by atoms with Gasteiger partial charge in [-0.1, -0.05) is 0 Å². The number of hydrogen-bond donors (Lipinski definition) is 0. The van der Waals surface area contributed by atoms with Crippen LogP contribution in [0, 0.1) is 11.8 Å². The summed E-state index contributed by atoms with van der Waals surface area (Å²) < 4.78 is 32.7. The van der Waals surface area contributed by atoms with Crippen molar-refractivity contribution in [1.82, 2.24) is 0 Å². The van der Waals surface area contributed by atoms with Crippen LogP contribution in [0.5, 0.6) is 28.7 Å². The monoisotopic (exact) mass is 412 g/mol. The second-order valence-electron chi connectivity index (χ2n) is 7.36. The molecule has 2 heterocycles. The molecule has 1 fully saturated rings. The molecular weight excluding hydrogens is 392 g/mol. The lowest BCUT2D eigenvalue weighted by molar-refractivity contribution is -0.141. The SMILES string of the molecule is COc1cc([C@@H]2c3cc4c(cc3C(=O)[C@H]3COC(=O)[C@@H]23)OCO4)cc(OC)c1OC. The van der Waals surface area contributed by atoms with Gasteiger partial charge in [-0.3, -0.25) is 9.59 Å². The standard InChI is InChI=1S/C22H20O8/c1-25-16-4-10(5-17(26-2)21(16)27-3)18-11-6-14-15(30-9-29-14)7-12(11)20(23)13-8-28-22(24)19(13)18/h4-7,13,18-19H,8-9H2,1-3H3/t13-,18+,19+/m0/s1. The minimum atomic E-state index is -0.645. The van der Waals surface area contributed by atoms with Gasteiger partial charge in [-0.25, -0.2) is 0 Å². The molecule has 0 radical (unpaired) electrons. The van der Waals surface area contributed by atoms with E-state index in [0.717, 1.165) is 5.56 Å². The third kappa shape index (κ3) is 2.52. The Kier molecular flexibility index (Phi) is 4.23. The smallest absolute Gasteiger partial charge is 0.310 e. The van der Waals surface area contributed by atoms with Crippen molar-refractivity contribution in [3.05, 3.63) is 41.0 Å². The molecule has 5 rings (SSSR count). The number of rotatable bonds is 4. The van der Waals surface area contributed by atoms with Crippen LogP contribution in [0.4, 0.5) is 0 Å². The molecule has 0 amide bonds. The molecule has 3 aliphatic rings. The van der Waals surface area contributed by atoms with Crippen LogP contribution in [-0.2, 0) is 9.53 Å². The number of benzene rings is 2. The summed E-state index contributed by atoms with van der Waals surface area (Å²) in [4.78, 5) is 25.9. The molecule has 1 aliphatic carbocycles. The minimum Gasteiger partial charge on any atom is -0.493 e. The Labute approximate surface area is 172 Å². The fourth-order valence-electron chi connectivity index (χ4n) is 4.63. The van der Waals surface area contributed by atoms with Crippen molar-refractivity contribution in [2.75, 3.05) is 34.7 Å². The molecule has 0 unspecified atom stereocenters. The third-order valence-corrected chi connectivity index (χ3v) is 6.00. The fraction of sp³-hybridized carbons (Fsp3) is 0.364. The predicted octanol–water partition coefficient (Wildman–Crippen LogP) is 2.56. The quantitative estimate of drug-likeness (QED) is 0.708. The highest BCUT2D eigenvalue weighted by Crippen LogP contribution is 2.52. The maximum Gasteiger partial charge on any atom is 0.310 e. The molecule has 0 bridgehead atoms. The summed E-state index contributed by atoms with van der Waals surface area (Å²) in [6, 6.07) is 7.09. The molecule has 2 aromatic rings. The number of cyclic esters (lactones) is 1. The average molecular weight is 412 g/mol. The van der Waals surface area contributed by atoms with E-state index in [0.29, 0.717) is 39.9 Å². The highest BCUT2D eigenvalue weighted by Gasteiger charge is 2.52. The Balaban J connectivity index is 1.75. The normalized spacial score (nSPS) is 23.5. The Hall–Kier alpha value is -3.42. The second kappa shape index (κ2) is 6.83. The summed E-state index contributed by atoms with van der Waals surface area (Å²) in [5.41, 5.74) is 1.96. The van der Waals surface area contributed by atoms with Crippen molar-refractivity contribution >= 4 is 11.8 Å². The predicted molar refractivity (Wildman–Crippen MR) is 103 cm³/mol. The van der Waals surface area contributed by atoms with Gasteiger partial charge in [0, 0.05) is 11.5 Å². The first-order valence-electron chi connectivity index (χ1n) is 9.51. The average Bonchev–Trinajstić information content (AvgIpc) is 3.38. The Bertz CT molecular complexity index is 1030. The van der Waals surface area contributed by atoms with Crippen LogP contribution in [0.2, 0.25) is 0 Å². The lowest BCUT2D eigenvalue weighted by Crippen LogP contribution is -2.36. The lowest BCUT2D eigenvalue weighted by atomic mass is 9.67. The van der Waals surface area contributed by atoms with E-state index in [4.69, 9.17) is 28.4 Å². The molecule has 8 heteroatoms. The molecule has 0 aromatic heterocycles. The highest BCUT2D eigenvalue weighted by atomic mass is 16.7. The zero-order valence-electron chi connectivity index (χ0n) is 16.7. The van der Waals surface area contributed by atoms with Gasteiger partial charge < -0.3 is 28.4 Å². The van der Waals surface area contributed by atoms with E-state index < -0.39 is 23.7 Å². The van der Waals surface area contributed by atoms with Crippen molar-refractivity contribution in [2.45, 2.75) is 5.92 Å². The third-order valence-electron chi connectivity index (χ3n) is 6.00. The molecule has 156 valence electrons. The molecule has 0 N–H and O–H groups in total. The van der Waals surface area contributed by atoms with E-state index >= 15 is 0 Å². The molecule has 0 saturated carbocycles. The van der Waals surface area contributed by atoms with Gasteiger partial charge >= 0.3 is 5.97 Å². The summed E-state index contributed by atoms with van der Waals surface area (Å²) in [5.74, 6) is 0.287. The van der Waals surface area contributed by atoms with Gasteiger partial charge in [0.2, 0.25) is 12.5 Å². The van der Waals surface area contributed by atoms with Crippen molar-refractivity contribution in [2.24, 2.45) is 11.8 Å². The Morgan fingerprint density at radius 1 is 0.867 bits per heavy atom. The second-order valence-corrected chi connectivity index (χ2v) is 7.36. The van der Waals surface area contributed by atoms with Gasteiger partial charge in [-0.2, -0.15) is 0 Å². The summed E-state index contributed by atoms with van der Waals surface area (Å²) in [6.07, 6.45) is 0. The number of hydrogen-bond acceptors (Lipinski definition) is 8. The van der Waals surface area contributed by atoms with Crippen molar-refractivity contribution < 1.29 is 38.0 Å². The maximum atomic E-state index is 13.2. The first-order chi connectivity index (χ1) is 14.6. The summed E-state index contributed by atoms with van der Waals surface area (Å²) >= 11 is 0. The van der Waals surface area contributed by atoms with Crippen molar-refractivity contribution in [3.63, 3.8) is 0 Å². The number of ketones is 1. The van der Waals surface area contributed by atoms with E-state index in [1.807, 2.05) is 0 Å². The molecule has 8 nitrogen and oxygen atoms in total. The molecule has 2 aliphatic heterocycles. The molecule has 1 saturated heterocycles. The van der Waals surface area contributed by atoms with E-state index in [-0.39, 0.29) is 19.2 Å². The Morgan fingerprint density at radius 2 is 1.53 bits per heavy atom. The van der Waals surface area contributed by atoms with Crippen LogP contribution < -0.4 is 23.7 Å². The van der Waals surface area contributed by atoms with Crippen LogP contribution in [0.15, 0.2) is 24.3 Å². The highest BCUT2D eigenvalue weighted by molar-refractivity contribution is 6.05.